The van der Waals surface area contributed by atoms with Crippen LogP contribution < -0.4 is 10.6 Å². The molecule has 9 heteroatoms. The van der Waals surface area contributed by atoms with Crippen molar-refractivity contribution in [3.8, 4) is 0 Å². The zero-order chi connectivity index (χ0) is 17.6. The maximum atomic E-state index is 12.0. The lowest BCUT2D eigenvalue weighted by Crippen LogP contribution is -2.40. The molecule has 1 rings (SSSR count). The quantitative estimate of drug-likeness (QED) is 0.224. The zero-order valence-electron chi connectivity index (χ0n) is 15.6. The molecule has 0 atom stereocenters. The minimum Gasteiger partial charge on any atom is -0.357 e. The lowest BCUT2D eigenvalue weighted by atomic mass is 10.3. The Hall–Kier alpha value is -1.39. The summed E-state index contributed by atoms with van der Waals surface area (Å²) in [4.78, 5) is 18.4. The van der Waals surface area contributed by atoms with Crippen LogP contribution in [-0.2, 0) is 11.3 Å². The van der Waals surface area contributed by atoms with Gasteiger partial charge in [0.1, 0.15) is 12.7 Å². The van der Waals surface area contributed by atoms with Gasteiger partial charge >= 0.3 is 0 Å². The summed E-state index contributed by atoms with van der Waals surface area (Å²) in [5.41, 5.74) is 0. The standard InChI is InChI=1S/C16H31N7O.HI/c1-4-17-16(19-11-9-15(24)23(5-2)6-3)18-10-7-8-12-22-13-20-21-14-22;/h13-14H,4-12H2,1-3H3,(H2,17,18,19);1H. The third kappa shape index (κ3) is 10.3. The van der Waals surface area contributed by atoms with Gasteiger partial charge in [0.2, 0.25) is 5.91 Å². The van der Waals surface area contributed by atoms with E-state index in [4.69, 9.17) is 0 Å². The molecular weight excluding hydrogens is 433 g/mol. The van der Waals surface area contributed by atoms with Gasteiger partial charge in [0.15, 0.2) is 5.96 Å². The fourth-order valence-corrected chi connectivity index (χ4v) is 2.30. The number of amides is 1. The van der Waals surface area contributed by atoms with E-state index in [0.29, 0.717) is 13.0 Å². The third-order valence-electron chi connectivity index (χ3n) is 3.65. The van der Waals surface area contributed by atoms with Crippen LogP contribution in [0.15, 0.2) is 17.6 Å². The number of nitrogens with zero attached hydrogens (tertiary/aromatic N) is 5. The number of hydrogen-bond acceptors (Lipinski definition) is 4. The Labute approximate surface area is 167 Å². The molecule has 1 aromatic heterocycles. The average molecular weight is 465 g/mol. The van der Waals surface area contributed by atoms with Crippen molar-refractivity contribution in [3.63, 3.8) is 0 Å². The Morgan fingerprint density at radius 2 is 1.80 bits per heavy atom. The monoisotopic (exact) mass is 465 g/mol. The number of guanidine groups is 1. The van der Waals surface area contributed by atoms with Gasteiger partial charge in [-0.05, 0) is 33.6 Å². The van der Waals surface area contributed by atoms with Crippen LogP contribution in [0.3, 0.4) is 0 Å². The molecule has 0 unspecified atom stereocenters. The number of rotatable bonds is 11. The van der Waals surface area contributed by atoms with E-state index in [1.165, 1.54) is 0 Å². The van der Waals surface area contributed by atoms with E-state index >= 15 is 0 Å². The molecule has 0 aliphatic heterocycles. The molecular formula is C16H32IN7O. The zero-order valence-corrected chi connectivity index (χ0v) is 17.9. The van der Waals surface area contributed by atoms with Gasteiger partial charge in [-0.2, -0.15) is 0 Å². The van der Waals surface area contributed by atoms with Crippen LogP contribution in [0, 0.1) is 0 Å². The van der Waals surface area contributed by atoms with E-state index < -0.39 is 0 Å². The summed E-state index contributed by atoms with van der Waals surface area (Å²) >= 11 is 0. The van der Waals surface area contributed by atoms with Crippen molar-refractivity contribution < 1.29 is 4.79 Å². The highest BCUT2D eigenvalue weighted by Crippen LogP contribution is 1.95. The largest absolute Gasteiger partial charge is 0.357 e. The molecule has 0 saturated carbocycles. The van der Waals surface area contributed by atoms with E-state index in [1.54, 1.807) is 12.7 Å². The highest BCUT2D eigenvalue weighted by atomic mass is 127. The molecule has 0 aliphatic rings. The number of unbranched alkanes of at least 4 members (excludes halogenated alkanes) is 1. The number of aryl methyl sites for hydroxylation is 1. The fourth-order valence-electron chi connectivity index (χ4n) is 2.30. The molecule has 0 spiro atoms. The van der Waals surface area contributed by atoms with Crippen LogP contribution in [0.4, 0.5) is 0 Å². The molecule has 25 heavy (non-hydrogen) atoms. The van der Waals surface area contributed by atoms with E-state index in [0.717, 1.165) is 51.5 Å². The van der Waals surface area contributed by atoms with Crippen molar-refractivity contribution in [1.82, 2.24) is 30.3 Å². The highest BCUT2D eigenvalue weighted by molar-refractivity contribution is 14.0. The van der Waals surface area contributed by atoms with Crippen molar-refractivity contribution in [2.45, 2.75) is 46.6 Å². The SMILES string of the molecule is CCNC(=NCCCCn1cnnc1)NCCC(=O)N(CC)CC.I. The van der Waals surface area contributed by atoms with Crippen LogP contribution in [0.25, 0.3) is 0 Å². The number of nitrogens with one attached hydrogen (secondary N) is 2. The number of aliphatic imine (C=N–C) groups is 1. The summed E-state index contributed by atoms with van der Waals surface area (Å²) in [5, 5.41) is 14.0. The molecule has 0 bridgehead atoms. The first-order valence-electron chi connectivity index (χ1n) is 8.83. The van der Waals surface area contributed by atoms with Gasteiger partial charge in [0, 0.05) is 45.7 Å². The Morgan fingerprint density at radius 3 is 2.40 bits per heavy atom. The average Bonchev–Trinajstić information content (AvgIpc) is 3.09. The molecule has 0 radical (unpaired) electrons. The molecule has 1 aromatic rings. The number of carbonyl (C=O) groups excluding carboxylic acids is 1. The Kier molecular flexibility index (Phi) is 14.1. The van der Waals surface area contributed by atoms with Crippen LogP contribution in [-0.4, -0.2) is 64.3 Å². The van der Waals surface area contributed by atoms with E-state index in [2.05, 4.69) is 25.8 Å². The number of halogens is 1. The molecule has 144 valence electrons. The first kappa shape index (κ1) is 23.6. The molecule has 0 saturated heterocycles. The molecule has 0 aromatic carbocycles. The summed E-state index contributed by atoms with van der Waals surface area (Å²) in [6, 6.07) is 0. The predicted molar refractivity (Wildman–Crippen MR) is 111 cm³/mol. The number of aromatic nitrogens is 3. The first-order chi connectivity index (χ1) is 11.7. The molecule has 2 N–H and O–H groups in total. The molecule has 1 heterocycles. The van der Waals surface area contributed by atoms with Crippen LogP contribution in [0.1, 0.15) is 40.0 Å². The lowest BCUT2D eigenvalue weighted by Gasteiger charge is -2.19. The molecule has 1 amide bonds. The van der Waals surface area contributed by atoms with E-state index in [1.807, 2.05) is 30.2 Å². The Morgan fingerprint density at radius 1 is 1.12 bits per heavy atom. The smallest absolute Gasteiger partial charge is 0.224 e. The number of hydrogen-bond donors (Lipinski definition) is 2. The van der Waals surface area contributed by atoms with Gasteiger partial charge < -0.3 is 20.1 Å². The van der Waals surface area contributed by atoms with Gasteiger partial charge in [0.05, 0.1) is 0 Å². The minimum atomic E-state index is 0. The van der Waals surface area contributed by atoms with Gasteiger partial charge in [-0.25, -0.2) is 0 Å². The van der Waals surface area contributed by atoms with Crippen LogP contribution in [0.5, 0.6) is 0 Å². The van der Waals surface area contributed by atoms with Crippen molar-refractivity contribution in [2.75, 3.05) is 32.7 Å². The maximum Gasteiger partial charge on any atom is 0.224 e. The van der Waals surface area contributed by atoms with Crippen molar-refractivity contribution in [2.24, 2.45) is 4.99 Å². The summed E-state index contributed by atoms with van der Waals surface area (Å²) in [6.07, 6.45) is 5.96. The third-order valence-corrected chi connectivity index (χ3v) is 3.65. The number of carbonyl (C=O) groups is 1. The molecule has 0 aliphatic carbocycles. The highest BCUT2D eigenvalue weighted by Gasteiger charge is 2.08. The second-order valence-corrected chi connectivity index (χ2v) is 5.41. The Balaban J connectivity index is 0.00000576. The second-order valence-electron chi connectivity index (χ2n) is 5.41. The van der Waals surface area contributed by atoms with Gasteiger partial charge in [-0.3, -0.25) is 9.79 Å². The van der Waals surface area contributed by atoms with Gasteiger partial charge in [-0.15, -0.1) is 34.2 Å². The van der Waals surface area contributed by atoms with Gasteiger partial charge in [0.25, 0.3) is 0 Å². The van der Waals surface area contributed by atoms with E-state index in [-0.39, 0.29) is 29.9 Å². The van der Waals surface area contributed by atoms with E-state index in [9.17, 15) is 4.79 Å². The van der Waals surface area contributed by atoms with Crippen LogP contribution in [0.2, 0.25) is 0 Å². The second kappa shape index (κ2) is 14.9. The Bertz CT molecular complexity index is 475. The van der Waals surface area contributed by atoms with Gasteiger partial charge in [-0.1, -0.05) is 0 Å². The fraction of sp³-hybridized carbons (Fsp3) is 0.750. The molecule has 8 nitrogen and oxygen atoms in total. The summed E-state index contributed by atoms with van der Waals surface area (Å²) in [6.45, 7) is 10.6. The van der Waals surface area contributed by atoms with Crippen molar-refractivity contribution in [3.05, 3.63) is 12.7 Å². The molecule has 0 fully saturated rings. The summed E-state index contributed by atoms with van der Waals surface area (Å²) in [5.74, 6) is 0.950. The maximum absolute atomic E-state index is 12.0. The minimum absolute atomic E-state index is 0. The topological polar surface area (TPSA) is 87.4 Å². The summed E-state index contributed by atoms with van der Waals surface area (Å²) < 4.78 is 1.96. The van der Waals surface area contributed by atoms with Crippen molar-refractivity contribution >= 4 is 35.8 Å². The summed E-state index contributed by atoms with van der Waals surface area (Å²) in [7, 11) is 0. The first-order valence-corrected chi connectivity index (χ1v) is 8.83. The van der Waals surface area contributed by atoms with Crippen LogP contribution >= 0.6 is 24.0 Å². The normalized spacial score (nSPS) is 10.9. The predicted octanol–water partition coefficient (Wildman–Crippen LogP) is 1.49. The lowest BCUT2D eigenvalue weighted by molar-refractivity contribution is -0.130. The van der Waals surface area contributed by atoms with Crippen molar-refractivity contribution in [1.29, 1.82) is 0 Å².